The minimum absolute atomic E-state index is 0.175. The fraction of sp³-hybridized carbons (Fsp3) is 0.250. The Kier molecular flexibility index (Phi) is 6.67. The van der Waals surface area contributed by atoms with Gasteiger partial charge in [0.25, 0.3) is 0 Å². The molecule has 27 heavy (non-hydrogen) atoms. The molecule has 1 aromatic heterocycles. The quantitative estimate of drug-likeness (QED) is 0.431. The lowest BCUT2D eigenvalue weighted by Gasteiger charge is -2.15. The highest BCUT2D eigenvalue weighted by Crippen LogP contribution is 2.45. The van der Waals surface area contributed by atoms with Crippen molar-refractivity contribution < 1.29 is 32.2 Å². The number of rotatable bonds is 5. The topological polar surface area (TPSA) is 57.7 Å². The van der Waals surface area contributed by atoms with Crippen LogP contribution in [0.5, 0.6) is 17.4 Å². The highest BCUT2D eigenvalue weighted by Gasteiger charge is 2.39. The Balaban J connectivity index is 2.22. The Morgan fingerprint density at radius 1 is 1.07 bits per heavy atom. The van der Waals surface area contributed by atoms with E-state index >= 15 is 0 Å². The molecule has 0 N–H and O–H groups in total. The lowest BCUT2D eigenvalue weighted by molar-refractivity contribution is -0.148. The molecule has 2 rings (SSSR count). The van der Waals surface area contributed by atoms with Crippen molar-refractivity contribution >= 4 is 40.8 Å². The minimum Gasteiger partial charge on any atom is -0.479 e. The van der Waals surface area contributed by atoms with Gasteiger partial charge in [-0.3, -0.25) is 0 Å². The van der Waals surface area contributed by atoms with Crippen molar-refractivity contribution in [1.29, 1.82) is 0 Å². The van der Waals surface area contributed by atoms with Gasteiger partial charge in [0, 0.05) is 0 Å². The van der Waals surface area contributed by atoms with Crippen LogP contribution in [0.1, 0.15) is 12.5 Å². The highest BCUT2D eigenvalue weighted by molar-refractivity contribution is 6.44. The van der Waals surface area contributed by atoms with Crippen LogP contribution in [-0.4, -0.2) is 24.2 Å². The van der Waals surface area contributed by atoms with Crippen LogP contribution < -0.4 is 9.47 Å². The van der Waals surface area contributed by atoms with E-state index in [1.54, 1.807) is 0 Å². The Bertz CT molecular complexity index is 844. The maximum absolute atomic E-state index is 12.9. The molecule has 2 aromatic rings. The van der Waals surface area contributed by atoms with Crippen molar-refractivity contribution in [3.8, 4) is 17.4 Å². The van der Waals surface area contributed by atoms with E-state index in [-0.39, 0.29) is 5.75 Å². The normalized spacial score (nSPS) is 12.4. The van der Waals surface area contributed by atoms with Gasteiger partial charge < -0.3 is 14.2 Å². The summed E-state index contributed by atoms with van der Waals surface area (Å²) in [5.74, 6) is -0.436. The van der Waals surface area contributed by atoms with Crippen LogP contribution >= 0.6 is 34.8 Å². The molecular weight excluding hydrogens is 434 g/mol. The maximum atomic E-state index is 12.9. The molecule has 0 radical (unpaired) electrons. The second kappa shape index (κ2) is 8.41. The summed E-state index contributed by atoms with van der Waals surface area (Å²) < 4.78 is 54.0. The Morgan fingerprint density at radius 2 is 1.63 bits per heavy atom. The summed E-state index contributed by atoms with van der Waals surface area (Å²) in [6.45, 7) is 1.51. The average molecular weight is 445 g/mol. The van der Waals surface area contributed by atoms with E-state index < -0.39 is 44.9 Å². The van der Waals surface area contributed by atoms with Crippen LogP contribution in [-0.2, 0) is 15.7 Å². The number of benzene rings is 1. The van der Waals surface area contributed by atoms with Crippen LogP contribution in [0.25, 0.3) is 0 Å². The van der Waals surface area contributed by atoms with Gasteiger partial charge >= 0.3 is 12.1 Å². The number of esters is 1. The zero-order chi connectivity index (χ0) is 20.4. The van der Waals surface area contributed by atoms with Gasteiger partial charge in [0.05, 0.1) is 12.1 Å². The third kappa shape index (κ3) is 5.09. The predicted molar refractivity (Wildman–Crippen MR) is 92.9 cm³/mol. The number of nitrogens with zero attached hydrogens (tertiary/aromatic N) is 1. The number of hydrogen-bond donors (Lipinski definition) is 0. The molecule has 0 spiro atoms. The summed E-state index contributed by atoms with van der Waals surface area (Å²) in [5.41, 5.74) is -1.34. The van der Waals surface area contributed by atoms with Crippen molar-refractivity contribution in [3.05, 3.63) is 45.0 Å². The first-order valence-electron chi connectivity index (χ1n) is 7.18. The first kappa shape index (κ1) is 21.4. The number of methoxy groups -OCH3 is 1. The van der Waals surface area contributed by atoms with Gasteiger partial charge in [-0.25, -0.2) is 4.79 Å². The Hall–Kier alpha value is -1.90. The van der Waals surface area contributed by atoms with Crippen molar-refractivity contribution in [2.24, 2.45) is 0 Å². The van der Waals surface area contributed by atoms with Gasteiger partial charge in [0.1, 0.15) is 27.2 Å². The zero-order valence-corrected chi connectivity index (χ0v) is 16.0. The lowest BCUT2D eigenvalue weighted by atomic mass is 10.2. The molecule has 11 heteroatoms. The van der Waals surface area contributed by atoms with E-state index in [4.69, 9.17) is 44.3 Å². The molecule has 5 nitrogen and oxygen atoms in total. The molecule has 1 heterocycles. The van der Waals surface area contributed by atoms with Crippen molar-refractivity contribution in [3.63, 3.8) is 0 Å². The first-order chi connectivity index (χ1) is 12.5. The number of hydrogen-bond acceptors (Lipinski definition) is 5. The molecule has 0 saturated carbocycles. The monoisotopic (exact) mass is 443 g/mol. The number of carbonyl (C=O) groups excluding carboxylic acids is 1. The van der Waals surface area contributed by atoms with Gasteiger partial charge in [-0.05, 0) is 31.2 Å². The van der Waals surface area contributed by atoms with Gasteiger partial charge in [-0.2, -0.15) is 18.2 Å². The van der Waals surface area contributed by atoms with Gasteiger partial charge in [-0.15, -0.1) is 0 Å². The van der Waals surface area contributed by atoms with E-state index in [0.717, 1.165) is 0 Å². The number of carbonyl (C=O) groups is 1. The van der Waals surface area contributed by atoms with Gasteiger partial charge in [0.15, 0.2) is 6.10 Å². The summed E-state index contributed by atoms with van der Waals surface area (Å²) in [6, 6.07) is 5.79. The molecule has 1 unspecified atom stereocenters. The second-order valence-corrected chi connectivity index (χ2v) is 6.18. The summed E-state index contributed by atoms with van der Waals surface area (Å²) in [7, 11) is 1.23. The number of aromatic nitrogens is 1. The molecule has 1 atom stereocenters. The highest BCUT2D eigenvalue weighted by atomic mass is 35.5. The lowest BCUT2D eigenvalue weighted by Crippen LogP contribution is -2.24. The van der Waals surface area contributed by atoms with Crippen molar-refractivity contribution in [2.45, 2.75) is 19.2 Å². The molecular formula is C16H11Cl3F3NO4. The zero-order valence-electron chi connectivity index (χ0n) is 13.7. The summed E-state index contributed by atoms with van der Waals surface area (Å²) >= 11 is 17.0. The predicted octanol–water partition coefficient (Wildman–Crippen LogP) is 5.79. The fourth-order valence-electron chi connectivity index (χ4n) is 1.91. The van der Waals surface area contributed by atoms with Crippen LogP contribution in [0.4, 0.5) is 13.2 Å². The molecule has 0 bridgehead atoms. The first-order valence-corrected chi connectivity index (χ1v) is 8.32. The minimum atomic E-state index is -4.82. The summed E-state index contributed by atoms with van der Waals surface area (Å²) in [4.78, 5) is 14.8. The van der Waals surface area contributed by atoms with Crippen molar-refractivity contribution in [1.82, 2.24) is 4.98 Å². The molecule has 0 fully saturated rings. The summed E-state index contributed by atoms with van der Waals surface area (Å²) in [6.07, 6.45) is -5.65. The van der Waals surface area contributed by atoms with Crippen LogP contribution in [0.3, 0.4) is 0 Å². The Morgan fingerprint density at radius 3 is 2.15 bits per heavy atom. The smallest absolute Gasteiger partial charge is 0.420 e. The number of halogens is 6. The number of pyridine rings is 1. The average Bonchev–Trinajstić information content (AvgIpc) is 2.59. The maximum Gasteiger partial charge on any atom is 0.420 e. The van der Waals surface area contributed by atoms with Gasteiger partial charge in [-0.1, -0.05) is 34.8 Å². The second-order valence-electron chi connectivity index (χ2n) is 5.07. The number of alkyl halides is 3. The van der Waals surface area contributed by atoms with Crippen LogP contribution in [0.15, 0.2) is 24.3 Å². The molecule has 0 aliphatic heterocycles. The van der Waals surface area contributed by atoms with Crippen LogP contribution in [0, 0.1) is 0 Å². The van der Waals surface area contributed by atoms with Crippen molar-refractivity contribution in [2.75, 3.05) is 7.11 Å². The van der Waals surface area contributed by atoms with E-state index in [0.29, 0.717) is 5.75 Å². The fourth-order valence-corrected chi connectivity index (χ4v) is 2.69. The largest absolute Gasteiger partial charge is 0.479 e. The third-order valence-electron chi connectivity index (χ3n) is 3.17. The SMILES string of the molecule is COC(=O)C(C)Oc1ccc(Oc2nc(Cl)c(C(F)(F)F)c(Cl)c2Cl)cc1. The molecule has 0 aliphatic carbocycles. The molecule has 0 saturated heterocycles. The Labute approximate surface area is 166 Å². The van der Waals surface area contributed by atoms with E-state index in [2.05, 4.69) is 9.72 Å². The van der Waals surface area contributed by atoms with Gasteiger partial charge in [0.2, 0.25) is 5.88 Å². The summed E-state index contributed by atoms with van der Waals surface area (Å²) in [5, 5.41) is -2.24. The molecule has 0 aliphatic rings. The molecule has 1 aromatic carbocycles. The molecule has 0 amide bonds. The standard InChI is InChI=1S/C16H11Cl3F3NO4/c1-7(15(24)25-2)26-8-3-5-9(6-4-8)27-14-12(18)11(17)10(13(19)23-14)16(20,21)22/h3-7H,1-2H3. The van der Waals surface area contributed by atoms with E-state index in [9.17, 15) is 18.0 Å². The van der Waals surface area contributed by atoms with Crippen LogP contribution in [0.2, 0.25) is 15.2 Å². The molecule has 146 valence electrons. The third-order valence-corrected chi connectivity index (χ3v) is 4.27. The van der Waals surface area contributed by atoms with E-state index in [1.165, 1.54) is 38.3 Å². The van der Waals surface area contributed by atoms with E-state index in [1.807, 2.05) is 0 Å². The number of ether oxygens (including phenoxy) is 3.